The Morgan fingerprint density at radius 1 is 1.12 bits per heavy atom. The molecule has 0 atom stereocenters. The summed E-state index contributed by atoms with van der Waals surface area (Å²) in [5.41, 5.74) is 0.343. The van der Waals surface area contributed by atoms with Crippen LogP contribution in [-0.2, 0) is 6.54 Å². The van der Waals surface area contributed by atoms with Crippen LogP contribution in [0.15, 0.2) is 51.7 Å². The van der Waals surface area contributed by atoms with E-state index in [0.717, 1.165) is 0 Å². The molecule has 0 aliphatic carbocycles. The number of carbonyl (C=O) groups is 1. The van der Waals surface area contributed by atoms with Gasteiger partial charge in [-0.1, -0.05) is 6.07 Å². The number of fused-ring (bicyclic) bond motifs is 1. The predicted octanol–water partition coefficient (Wildman–Crippen LogP) is 2.88. The highest BCUT2D eigenvalue weighted by atomic mass is 19.1. The molecule has 1 amide bonds. The molecule has 134 valence electrons. The Hall–Kier alpha value is -3.35. The van der Waals surface area contributed by atoms with Gasteiger partial charge in [0.25, 0.3) is 5.91 Å². The van der Waals surface area contributed by atoms with Crippen molar-refractivity contribution in [1.29, 1.82) is 0 Å². The molecule has 0 radical (unpaired) electrons. The molecule has 3 aromatic rings. The summed E-state index contributed by atoms with van der Waals surface area (Å²) in [6.45, 7) is 0.00555. The summed E-state index contributed by atoms with van der Waals surface area (Å²) >= 11 is 0. The van der Waals surface area contributed by atoms with Crippen molar-refractivity contribution in [1.82, 2.24) is 5.32 Å². The third-order valence-corrected chi connectivity index (χ3v) is 3.88. The summed E-state index contributed by atoms with van der Waals surface area (Å²) < 4.78 is 29.0. The number of methoxy groups -OCH3 is 2. The van der Waals surface area contributed by atoms with Crippen molar-refractivity contribution in [3.8, 4) is 11.5 Å². The number of amides is 1. The van der Waals surface area contributed by atoms with E-state index in [1.807, 2.05) is 0 Å². The van der Waals surface area contributed by atoms with E-state index >= 15 is 0 Å². The first-order valence-corrected chi connectivity index (χ1v) is 7.75. The number of ether oxygens (including phenoxy) is 2. The molecule has 0 fully saturated rings. The maximum Gasteiger partial charge on any atom is 0.336 e. The summed E-state index contributed by atoms with van der Waals surface area (Å²) in [7, 11) is 2.90. The molecule has 1 aromatic heterocycles. The van der Waals surface area contributed by atoms with Gasteiger partial charge in [0.15, 0.2) is 0 Å². The first-order valence-electron chi connectivity index (χ1n) is 7.75. The van der Waals surface area contributed by atoms with Crippen LogP contribution >= 0.6 is 0 Å². The maximum absolute atomic E-state index is 13.5. The summed E-state index contributed by atoms with van der Waals surface area (Å²) in [6, 6.07) is 10.0. The Bertz CT molecular complexity index is 1010. The van der Waals surface area contributed by atoms with Gasteiger partial charge in [-0.05, 0) is 35.9 Å². The van der Waals surface area contributed by atoms with E-state index in [2.05, 4.69) is 5.32 Å². The van der Waals surface area contributed by atoms with Gasteiger partial charge in [0.2, 0.25) is 0 Å². The molecular formula is C19H16FNO5. The molecule has 0 aliphatic rings. The summed E-state index contributed by atoms with van der Waals surface area (Å²) in [4.78, 5) is 24.3. The zero-order chi connectivity index (χ0) is 18.7. The van der Waals surface area contributed by atoms with Gasteiger partial charge in [-0.25, -0.2) is 9.18 Å². The van der Waals surface area contributed by atoms with Crippen molar-refractivity contribution in [3.05, 3.63) is 69.8 Å². The largest absolute Gasteiger partial charge is 0.496 e. The van der Waals surface area contributed by atoms with Gasteiger partial charge in [-0.2, -0.15) is 0 Å². The fourth-order valence-corrected chi connectivity index (χ4v) is 2.69. The minimum Gasteiger partial charge on any atom is -0.496 e. The lowest BCUT2D eigenvalue weighted by Crippen LogP contribution is -2.24. The number of carbonyl (C=O) groups excluding carboxylic acids is 1. The van der Waals surface area contributed by atoms with Gasteiger partial charge in [0, 0.05) is 18.0 Å². The number of nitrogens with one attached hydrogen (secondary N) is 1. The van der Waals surface area contributed by atoms with Crippen LogP contribution in [0.5, 0.6) is 11.5 Å². The molecule has 0 bridgehead atoms. The highest BCUT2D eigenvalue weighted by Gasteiger charge is 2.18. The molecule has 0 aliphatic heterocycles. The fourth-order valence-electron chi connectivity index (χ4n) is 2.69. The Balaban J connectivity index is 1.93. The maximum atomic E-state index is 13.5. The Morgan fingerprint density at radius 3 is 2.46 bits per heavy atom. The average molecular weight is 357 g/mol. The molecule has 6 nitrogen and oxygen atoms in total. The summed E-state index contributed by atoms with van der Waals surface area (Å²) in [5, 5.41) is 3.12. The zero-order valence-electron chi connectivity index (χ0n) is 14.2. The highest BCUT2D eigenvalue weighted by Crippen LogP contribution is 2.28. The van der Waals surface area contributed by atoms with Crippen molar-refractivity contribution in [2.75, 3.05) is 14.2 Å². The number of hydrogen-bond donors (Lipinski definition) is 1. The Labute approximate surface area is 148 Å². The van der Waals surface area contributed by atoms with Crippen LogP contribution in [0.4, 0.5) is 4.39 Å². The topological polar surface area (TPSA) is 77.8 Å². The molecule has 0 spiro atoms. The van der Waals surface area contributed by atoms with Crippen molar-refractivity contribution in [2.45, 2.75) is 6.54 Å². The monoisotopic (exact) mass is 357 g/mol. The van der Waals surface area contributed by atoms with Crippen LogP contribution in [0.2, 0.25) is 0 Å². The second-order valence-corrected chi connectivity index (χ2v) is 5.45. The molecule has 0 saturated heterocycles. The van der Waals surface area contributed by atoms with Crippen molar-refractivity contribution in [3.63, 3.8) is 0 Å². The second kappa shape index (κ2) is 7.26. The van der Waals surface area contributed by atoms with Crippen LogP contribution in [0.1, 0.15) is 15.9 Å². The van der Waals surface area contributed by atoms with Crippen LogP contribution in [0.3, 0.4) is 0 Å². The van der Waals surface area contributed by atoms with Gasteiger partial charge >= 0.3 is 5.63 Å². The molecular weight excluding hydrogens is 341 g/mol. The predicted molar refractivity (Wildman–Crippen MR) is 93.2 cm³/mol. The van der Waals surface area contributed by atoms with E-state index in [0.29, 0.717) is 22.4 Å². The van der Waals surface area contributed by atoms with Gasteiger partial charge in [0.1, 0.15) is 28.5 Å². The molecule has 1 heterocycles. The van der Waals surface area contributed by atoms with Crippen molar-refractivity contribution < 1.29 is 23.1 Å². The van der Waals surface area contributed by atoms with Crippen LogP contribution in [0, 0.1) is 5.82 Å². The third-order valence-electron chi connectivity index (χ3n) is 3.88. The smallest absolute Gasteiger partial charge is 0.336 e. The molecule has 0 unspecified atom stereocenters. The van der Waals surface area contributed by atoms with E-state index in [9.17, 15) is 14.0 Å². The molecule has 3 rings (SSSR count). The fraction of sp³-hybridized carbons (Fsp3) is 0.158. The Morgan fingerprint density at radius 2 is 1.81 bits per heavy atom. The second-order valence-electron chi connectivity index (χ2n) is 5.45. The van der Waals surface area contributed by atoms with Crippen molar-refractivity contribution >= 4 is 16.9 Å². The normalized spacial score (nSPS) is 10.6. The van der Waals surface area contributed by atoms with E-state index in [4.69, 9.17) is 13.9 Å². The molecule has 7 heteroatoms. The quantitative estimate of drug-likeness (QED) is 0.711. The van der Waals surface area contributed by atoms with Crippen LogP contribution < -0.4 is 20.4 Å². The van der Waals surface area contributed by atoms with Gasteiger partial charge in [-0.15, -0.1) is 0 Å². The van der Waals surface area contributed by atoms with Gasteiger partial charge in [0.05, 0.1) is 14.2 Å². The number of benzene rings is 2. The van der Waals surface area contributed by atoms with E-state index < -0.39 is 17.3 Å². The average Bonchev–Trinajstić information content (AvgIpc) is 2.65. The third kappa shape index (κ3) is 3.37. The standard InChI is InChI=1S/C19H16FNO5/c1-24-15-4-3-5-16(25-2)18(15)19(23)21-10-11-8-17(22)26-14-7-6-12(20)9-13(11)14/h3-9H,10H2,1-2H3,(H,21,23). The number of rotatable bonds is 5. The SMILES string of the molecule is COc1cccc(OC)c1C(=O)NCc1cc(=O)oc2ccc(F)cc12. The first-order chi connectivity index (χ1) is 12.5. The Kier molecular flexibility index (Phi) is 4.88. The van der Waals surface area contributed by atoms with E-state index in [-0.39, 0.29) is 17.7 Å². The summed E-state index contributed by atoms with van der Waals surface area (Å²) in [6.07, 6.45) is 0. The highest BCUT2D eigenvalue weighted by molar-refractivity contribution is 5.99. The first kappa shape index (κ1) is 17.5. The van der Waals surface area contributed by atoms with Crippen LogP contribution in [-0.4, -0.2) is 20.1 Å². The lowest BCUT2D eigenvalue weighted by molar-refractivity contribution is 0.0944. The summed E-state index contributed by atoms with van der Waals surface area (Å²) in [5.74, 6) is -0.210. The lowest BCUT2D eigenvalue weighted by atomic mass is 10.1. The lowest BCUT2D eigenvalue weighted by Gasteiger charge is -2.13. The number of hydrogen-bond acceptors (Lipinski definition) is 5. The van der Waals surface area contributed by atoms with Gasteiger partial charge < -0.3 is 19.2 Å². The molecule has 0 saturated carbocycles. The van der Waals surface area contributed by atoms with Crippen molar-refractivity contribution in [2.24, 2.45) is 0 Å². The zero-order valence-corrected chi connectivity index (χ0v) is 14.2. The minimum absolute atomic E-state index is 0.00555. The van der Waals surface area contributed by atoms with Crippen LogP contribution in [0.25, 0.3) is 11.0 Å². The van der Waals surface area contributed by atoms with E-state index in [1.165, 1.54) is 38.5 Å². The molecule has 1 N–H and O–H groups in total. The van der Waals surface area contributed by atoms with E-state index in [1.54, 1.807) is 18.2 Å². The van der Waals surface area contributed by atoms with Gasteiger partial charge in [-0.3, -0.25) is 4.79 Å². The molecule has 2 aromatic carbocycles. The number of halogens is 1. The minimum atomic E-state index is -0.580. The molecule has 26 heavy (non-hydrogen) atoms.